The van der Waals surface area contributed by atoms with Crippen molar-refractivity contribution in [3.63, 3.8) is 0 Å². The second-order valence-electron chi connectivity index (χ2n) is 14.1. The molecular formula is C37H40F2N3O8PS. The van der Waals surface area contributed by atoms with Gasteiger partial charge in [-0.3, -0.25) is 18.9 Å². The van der Waals surface area contributed by atoms with Gasteiger partial charge in [0.2, 0.25) is 11.8 Å². The van der Waals surface area contributed by atoms with Crippen LogP contribution in [0.3, 0.4) is 0 Å². The Kier molecular flexibility index (Phi) is 10.6. The summed E-state index contributed by atoms with van der Waals surface area (Å²) in [6, 6.07) is 21.2. The minimum atomic E-state index is -5.80. The second-order valence-corrected chi connectivity index (χ2v) is 16.8. The van der Waals surface area contributed by atoms with Gasteiger partial charge < -0.3 is 34.4 Å². The second kappa shape index (κ2) is 14.7. The molecule has 2 saturated heterocycles. The summed E-state index contributed by atoms with van der Waals surface area (Å²) >= 11 is 0.984. The van der Waals surface area contributed by atoms with Crippen molar-refractivity contribution < 1.29 is 47.0 Å². The number of halogens is 2. The molecule has 2 aliphatic heterocycles. The zero-order valence-corrected chi connectivity index (χ0v) is 30.5. The number of hydrogen-bond acceptors (Lipinski definition) is 7. The zero-order valence-electron chi connectivity index (χ0n) is 28.8. The summed E-state index contributed by atoms with van der Waals surface area (Å²) in [7, 11) is -5.80. The molecule has 2 aliphatic rings. The van der Waals surface area contributed by atoms with Crippen LogP contribution >= 0.6 is 18.9 Å². The van der Waals surface area contributed by atoms with Crippen LogP contribution in [0.2, 0.25) is 0 Å². The third kappa shape index (κ3) is 7.91. The average Bonchev–Trinajstić information content (AvgIpc) is 3.74. The van der Waals surface area contributed by atoms with E-state index in [0.29, 0.717) is 30.1 Å². The lowest BCUT2D eigenvalue weighted by Gasteiger charge is -2.38. The van der Waals surface area contributed by atoms with E-state index in [0.717, 1.165) is 29.0 Å². The number of para-hydroxylation sites is 1. The summed E-state index contributed by atoms with van der Waals surface area (Å²) in [5.74, 6) is -0.773. The molecule has 4 aromatic rings. The van der Waals surface area contributed by atoms with E-state index in [2.05, 4.69) is 5.32 Å². The molecule has 1 aromatic heterocycles. The predicted molar refractivity (Wildman–Crippen MR) is 191 cm³/mol. The highest BCUT2D eigenvalue weighted by Gasteiger charge is 2.51. The Hall–Kier alpha value is -4.20. The molecule has 4 atom stereocenters. The van der Waals surface area contributed by atoms with Gasteiger partial charge in [0.05, 0.1) is 24.6 Å². The number of carbonyl (C=O) groups is 3. The summed E-state index contributed by atoms with van der Waals surface area (Å²) in [6.07, 6.45) is -0.608. The number of morpholine rings is 1. The van der Waals surface area contributed by atoms with Crippen LogP contribution in [0.15, 0.2) is 84.9 Å². The lowest BCUT2D eigenvalue weighted by molar-refractivity contribution is -0.150. The molecule has 15 heteroatoms. The normalized spacial score (nSPS) is 20.5. The van der Waals surface area contributed by atoms with Crippen LogP contribution in [0.5, 0.6) is 5.75 Å². The Labute approximate surface area is 303 Å². The Morgan fingerprint density at radius 3 is 2.31 bits per heavy atom. The van der Waals surface area contributed by atoms with E-state index >= 15 is 0 Å². The maximum Gasteiger partial charge on any atom is 0.399 e. The first-order valence-electron chi connectivity index (χ1n) is 16.8. The van der Waals surface area contributed by atoms with Crippen molar-refractivity contribution in [1.82, 2.24) is 15.1 Å². The number of nitrogens with one attached hydrogen (secondary N) is 1. The molecule has 52 heavy (non-hydrogen) atoms. The standard InChI is InChI=1S/C37H40F2N3O8PS/c1-36(2,3)32(40-33(43)31-19-24-18-25(14-15-30(24)52-31)37(38,39)51(46,47)48)35(45)42-21-27(50-26-12-8-5-9-13-26)20-28(42)34(44)41-16-17-49-29(22-41)23-10-6-4-7-11-23/h4-15,18-19,27-29,32H,16-17,20-22H2,1-3H3,(H,40,43)(H2,46,47,48)/t27-,28-,29?,32?/m0/s1. The van der Waals surface area contributed by atoms with Gasteiger partial charge in [0, 0.05) is 23.2 Å². The summed E-state index contributed by atoms with van der Waals surface area (Å²) in [5.41, 5.74) is -5.18. The molecule has 6 rings (SSSR count). The SMILES string of the molecule is CC(C)(C)C(NC(=O)c1cc2cc(C(F)(F)P(=O)(O)O)ccc2s1)C(=O)N1C[C@@H](Oc2ccccc2)C[C@H]1C(=O)N1CCOC(c2ccccc2)C1. The topological polar surface area (TPSA) is 146 Å². The van der Waals surface area contributed by atoms with Crippen LogP contribution in [0, 0.1) is 5.41 Å². The lowest BCUT2D eigenvalue weighted by Crippen LogP contribution is -2.58. The van der Waals surface area contributed by atoms with Gasteiger partial charge in [-0.05, 0) is 46.7 Å². The average molecular weight is 756 g/mol. The van der Waals surface area contributed by atoms with Gasteiger partial charge in [-0.15, -0.1) is 11.3 Å². The largest absolute Gasteiger partial charge is 0.488 e. The van der Waals surface area contributed by atoms with Gasteiger partial charge >= 0.3 is 13.3 Å². The van der Waals surface area contributed by atoms with E-state index in [4.69, 9.17) is 9.47 Å². The van der Waals surface area contributed by atoms with Crippen LogP contribution in [0.25, 0.3) is 10.1 Å². The quantitative estimate of drug-likeness (QED) is 0.179. The highest BCUT2D eigenvalue weighted by molar-refractivity contribution is 7.52. The van der Waals surface area contributed by atoms with Crippen LogP contribution < -0.4 is 10.1 Å². The lowest BCUT2D eigenvalue weighted by atomic mass is 9.85. The van der Waals surface area contributed by atoms with E-state index in [-0.39, 0.29) is 35.2 Å². The maximum atomic E-state index is 14.6. The number of rotatable bonds is 9. The van der Waals surface area contributed by atoms with Crippen LogP contribution in [-0.4, -0.2) is 81.7 Å². The molecule has 3 aromatic carbocycles. The molecule has 0 bridgehead atoms. The fourth-order valence-corrected chi connectivity index (χ4v) is 7.93. The van der Waals surface area contributed by atoms with Crippen molar-refractivity contribution in [2.75, 3.05) is 26.2 Å². The van der Waals surface area contributed by atoms with E-state index in [9.17, 15) is 37.5 Å². The van der Waals surface area contributed by atoms with Crippen molar-refractivity contribution in [3.8, 4) is 5.75 Å². The first-order valence-corrected chi connectivity index (χ1v) is 19.2. The van der Waals surface area contributed by atoms with Gasteiger partial charge in [0.1, 0.15) is 30.0 Å². The number of nitrogens with zero attached hydrogens (tertiary/aromatic N) is 2. The van der Waals surface area contributed by atoms with Gasteiger partial charge in [-0.25, -0.2) is 0 Å². The Morgan fingerprint density at radius 1 is 0.981 bits per heavy atom. The minimum absolute atomic E-state index is 0.0957. The molecule has 2 fully saturated rings. The molecule has 11 nitrogen and oxygen atoms in total. The highest BCUT2D eigenvalue weighted by atomic mass is 32.1. The molecule has 0 saturated carbocycles. The van der Waals surface area contributed by atoms with Gasteiger partial charge in [-0.2, -0.15) is 8.78 Å². The monoisotopic (exact) mass is 755 g/mol. The van der Waals surface area contributed by atoms with E-state index < -0.39 is 54.2 Å². The van der Waals surface area contributed by atoms with Gasteiger partial charge in [-0.1, -0.05) is 75.4 Å². The number of carbonyl (C=O) groups excluding carboxylic acids is 3. The summed E-state index contributed by atoms with van der Waals surface area (Å²) < 4.78 is 53.0. The first-order chi connectivity index (χ1) is 24.5. The van der Waals surface area contributed by atoms with Crippen molar-refractivity contribution in [2.24, 2.45) is 5.41 Å². The number of amides is 3. The summed E-state index contributed by atoms with van der Waals surface area (Å²) in [5, 5.41) is 3.02. The minimum Gasteiger partial charge on any atom is -0.488 e. The Morgan fingerprint density at radius 2 is 1.65 bits per heavy atom. The van der Waals surface area contributed by atoms with Gasteiger partial charge in [0.15, 0.2) is 0 Å². The molecule has 276 valence electrons. The number of benzene rings is 3. The molecule has 0 aliphatic carbocycles. The molecule has 3 N–H and O–H groups in total. The van der Waals surface area contributed by atoms with Crippen LogP contribution in [0.1, 0.15) is 54.1 Å². The van der Waals surface area contributed by atoms with Crippen LogP contribution in [-0.2, 0) is 24.6 Å². The number of likely N-dealkylation sites (tertiary alicyclic amines) is 1. The van der Waals surface area contributed by atoms with E-state index in [1.165, 1.54) is 17.0 Å². The fourth-order valence-electron chi connectivity index (χ4n) is 6.51. The molecule has 3 heterocycles. The molecule has 3 amide bonds. The van der Waals surface area contributed by atoms with Crippen molar-refractivity contribution in [3.05, 3.63) is 101 Å². The first kappa shape index (κ1) is 37.6. The summed E-state index contributed by atoms with van der Waals surface area (Å²) in [6.45, 7) is 6.43. The number of thiophene rings is 1. The zero-order chi connectivity index (χ0) is 37.4. The van der Waals surface area contributed by atoms with Crippen LogP contribution in [0.4, 0.5) is 8.78 Å². The van der Waals surface area contributed by atoms with E-state index in [1.807, 2.05) is 48.5 Å². The Bertz CT molecular complexity index is 1980. The molecule has 0 spiro atoms. The molecule has 2 unspecified atom stereocenters. The third-order valence-electron chi connectivity index (χ3n) is 9.27. The Balaban J connectivity index is 1.25. The smallest absolute Gasteiger partial charge is 0.399 e. The van der Waals surface area contributed by atoms with Crippen molar-refractivity contribution in [1.29, 1.82) is 0 Å². The summed E-state index contributed by atoms with van der Waals surface area (Å²) in [4.78, 5) is 64.3. The predicted octanol–water partition coefficient (Wildman–Crippen LogP) is 5.92. The van der Waals surface area contributed by atoms with Gasteiger partial charge in [0.25, 0.3) is 5.91 Å². The maximum absolute atomic E-state index is 14.6. The number of alkyl halides is 2. The molecular weight excluding hydrogens is 715 g/mol. The number of ether oxygens (including phenoxy) is 2. The molecule has 0 radical (unpaired) electrons. The third-order valence-corrected chi connectivity index (χ3v) is 11.4. The van der Waals surface area contributed by atoms with Crippen molar-refractivity contribution >= 4 is 46.7 Å². The highest BCUT2D eigenvalue weighted by Crippen LogP contribution is 2.59. The fraction of sp³-hybridized carbons (Fsp3) is 0.378. The van der Waals surface area contributed by atoms with Crippen molar-refractivity contribution in [2.45, 2.75) is 57.1 Å². The van der Waals surface area contributed by atoms with E-state index in [1.54, 1.807) is 37.8 Å². The number of hydrogen-bond donors (Lipinski definition) is 3. The number of fused-ring (bicyclic) bond motifs is 1.